The Hall–Kier alpha value is -0.870. The molecule has 3 N–H and O–H groups in total. The molecule has 2 rings (SSSR count). The van der Waals surface area contributed by atoms with E-state index in [4.69, 9.17) is 10.8 Å². The van der Waals surface area contributed by atoms with Crippen LogP contribution >= 0.6 is 11.8 Å². The third kappa shape index (κ3) is 2.38. The molecule has 1 aliphatic heterocycles. The number of rotatable bonds is 3. The average molecular weight is 224 g/mol. The first-order valence-corrected chi connectivity index (χ1v) is 6.18. The maximum absolute atomic E-state index is 8.84. The predicted molar refractivity (Wildman–Crippen MR) is 65.5 cm³/mol. The van der Waals surface area contributed by atoms with Crippen molar-refractivity contribution in [1.29, 1.82) is 0 Å². The lowest BCUT2D eigenvalue weighted by atomic mass is 10.2. The van der Waals surface area contributed by atoms with Crippen molar-refractivity contribution in [1.82, 2.24) is 0 Å². The number of hydrogen-bond donors (Lipinski definition) is 2. The van der Waals surface area contributed by atoms with Crippen molar-refractivity contribution in [3.63, 3.8) is 0 Å². The lowest BCUT2D eigenvalue weighted by Crippen LogP contribution is -2.30. The van der Waals surface area contributed by atoms with Crippen LogP contribution in [0.5, 0.6) is 0 Å². The molecular weight excluding hydrogens is 208 g/mol. The maximum atomic E-state index is 8.84. The average Bonchev–Trinajstić information content (AvgIpc) is 2.26. The number of nitrogen functional groups attached to an aromatic ring is 1. The fourth-order valence-electron chi connectivity index (χ4n) is 1.78. The van der Waals surface area contributed by atoms with Gasteiger partial charge in [-0.2, -0.15) is 0 Å². The van der Waals surface area contributed by atoms with E-state index in [1.807, 2.05) is 23.9 Å². The molecule has 0 spiro atoms. The molecule has 3 nitrogen and oxygen atoms in total. The van der Waals surface area contributed by atoms with Crippen LogP contribution in [0.2, 0.25) is 0 Å². The highest BCUT2D eigenvalue weighted by Crippen LogP contribution is 2.35. The fourth-order valence-corrected chi connectivity index (χ4v) is 2.82. The van der Waals surface area contributed by atoms with Gasteiger partial charge in [-0.05, 0) is 24.6 Å². The van der Waals surface area contributed by atoms with Gasteiger partial charge in [-0.1, -0.05) is 0 Å². The second-order valence-corrected chi connectivity index (χ2v) is 4.78. The quantitative estimate of drug-likeness (QED) is 0.765. The van der Waals surface area contributed by atoms with Crippen molar-refractivity contribution in [3.05, 3.63) is 18.2 Å². The number of thioether (sulfide) groups is 1. The number of fused-ring (bicyclic) bond motifs is 1. The minimum absolute atomic E-state index is 0.251. The molecule has 0 radical (unpaired) electrons. The molecule has 0 saturated carbocycles. The van der Waals surface area contributed by atoms with Crippen molar-refractivity contribution >= 4 is 23.1 Å². The summed E-state index contributed by atoms with van der Waals surface area (Å²) in [4.78, 5) is 3.60. The monoisotopic (exact) mass is 224 g/mol. The van der Waals surface area contributed by atoms with Crippen molar-refractivity contribution in [2.75, 3.05) is 36.1 Å². The molecule has 15 heavy (non-hydrogen) atoms. The van der Waals surface area contributed by atoms with Crippen LogP contribution in [0.3, 0.4) is 0 Å². The molecule has 1 aromatic rings. The van der Waals surface area contributed by atoms with E-state index in [0.29, 0.717) is 0 Å². The van der Waals surface area contributed by atoms with Gasteiger partial charge in [-0.15, -0.1) is 11.8 Å². The molecule has 0 aliphatic carbocycles. The summed E-state index contributed by atoms with van der Waals surface area (Å²) >= 11 is 1.87. The van der Waals surface area contributed by atoms with Gasteiger partial charge in [0.2, 0.25) is 0 Å². The molecule has 82 valence electrons. The third-order valence-electron chi connectivity index (χ3n) is 2.53. The van der Waals surface area contributed by atoms with Crippen LogP contribution in [0.25, 0.3) is 0 Å². The first-order valence-electron chi connectivity index (χ1n) is 5.19. The first kappa shape index (κ1) is 10.6. The van der Waals surface area contributed by atoms with Gasteiger partial charge >= 0.3 is 0 Å². The molecule has 0 fully saturated rings. The zero-order chi connectivity index (χ0) is 10.7. The second-order valence-electron chi connectivity index (χ2n) is 3.64. The Morgan fingerprint density at radius 3 is 3.13 bits per heavy atom. The highest BCUT2D eigenvalue weighted by atomic mass is 32.2. The van der Waals surface area contributed by atoms with E-state index < -0.39 is 0 Å². The largest absolute Gasteiger partial charge is 0.399 e. The Bertz CT molecular complexity index is 343. The van der Waals surface area contributed by atoms with E-state index in [9.17, 15) is 0 Å². The fraction of sp³-hybridized carbons (Fsp3) is 0.455. The molecule has 4 heteroatoms. The smallest absolute Gasteiger partial charge is 0.0525 e. The Kier molecular flexibility index (Phi) is 3.38. The molecule has 0 aromatic heterocycles. The second kappa shape index (κ2) is 4.77. The summed E-state index contributed by atoms with van der Waals surface area (Å²) in [5.41, 5.74) is 7.82. The Morgan fingerprint density at radius 2 is 2.33 bits per heavy atom. The molecule has 1 aliphatic rings. The number of anilines is 2. The summed E-state index contributed by atoms with van der Waals surface area (Å²) in [6, 6.07) is 6.06. The van der Waals surface area contributed by atoms with E-state index in [0.717, 1.165) is 31.0 Å². The summed E-state index contributed by atoms with van der Waals surface area (Å²) in [6.45, 7) is 2.20. The predicted octanol–water partition coefficient (Wildman–Crippen LogP) is 1.56. The van der Waals surface area contributed by atoms with Gasteiger partial charge in [-0.3, -0.25) is 0 Å². The topological polar surface area (TPSA) is 49.5 Å². The molecular formula is C11H16N2OS. The summed E-state index contributed by atoms with van der Waals surface area (Å²) in [5, 5.41) is 8.84. The molecule has 0 saturated heterocycles. The van der Waals surface area contributed by atoms with Gasteiger partial charge in [0, 0.05) is 36.0 Å². The standard InChI is InChI=1S/C11H16N2OS/c12-9-2-3-11-10(8-9)13(4-1-6-14)5-7-15-11/h2-3,8,14H,1,4-7,12H2. The van der Waals surface area contributed by atoms with E-state index in [1.165, 1.54) is 10.6 Å². The highest BCUT2D eigenvalue weighted by molar-refractivity contribution is 7.99. The van der Waals surface area contributed by atoms with E-state index in [2.05, 4.69) is 11.0 Å². The van der Waals surface area contributed by atoms with Crippen LogP contribution < -0.4 is 10.6 Å². The minimum Gasteiger partial charge on any atom is -0.399 e. The Balaban J connectivity index is 2.20. The summed E-state index contributed by atoms with van der Waals surface area (Å²) < 4.78 is 0. The van der Waals surface area contributed by atoms with Gasteiger partial charge in [0.1, 0.15) is 0 Å². The SMILES string of the molecule is Nc1ccc2c(c1)N(CCCO)CCS2. The van der Waals surface area contributed by atoms with E-state index >= 15 is 0 Å². The summed E-state index contributed by atoms with van der Waals surface area (Å²) in [6.07, 6.45) is 0.818. The highest BCUT2D eigenvalue weighted by Gasteiger charge is 2.16. The van der Waals surface area contributed by atoms with Gasteiger partial charge in [0.25, 0.3) is 0 Å². The van der Waals surface area contributed by atoms with Crippen molar-refractivity contribution in [2.24, 2.45) is 0 Å². The summed E-state index contributed by atoms with van der Waals surface area (Å²) in [5.74, 6) is 1.11. The minimum atomic E-state index is 0.251. The molecule has 1 aromatic carbocycles. The van der Waals surface area contributed by atoms with Crippen molar-refractivity contribution < 1.29 is 5.11 Å². The van der Waals surface area contributed by atoms with E-state index in [1.54, 1.807) is 0 Å². The van der Waals surface area contributed by atoms with Crippen LogP contribution in [-0.2, 0) is 0 Å². The summed E-state index contributed by atoms with van der Waals surface area (Å²) in [7, 11) is 0. The third-order valence-corrected chi connectivity index (χ3v) is 3.57. The van der Waals surface area contributed by atoms with Crippen LogP contribution in [-0.4, -0.2) is 30.6 Å². The molecule has 0 unspecified atom stereocenters. The Labute approximate surface area is 94.3 Å². The number of aliphatic hydroxyl groups excluding tert-OH is 1. The van der Waals surface area contributed by atoms with Crippen molar-refractivity contribution in [3.8, 4) is 0 Å². The zero-order valence-corrected chi connectivity index (χ0v) is 9.46. The number of hydrogen-bond acceptors (Lipinski definition) is 4. The number of benzene rings is 1. The normalized spacial score (nSPS) is 15.1. The van der Waals surface area contributed by atoms with Crippen LogP contribution in [0.4, 0.5) is 11.4 Å². The zero-order valence-electron chi connectivity index (χ0n) is 8.65. The van der Waals surface area contributed by atoms with Gasteiger partial charge in [-0.25, -0.2) is 0 Å². The van der Waals surface area contributed by atoms with Crippen molar-refractivity contribution in [2.45, 2.75) is 11.3 Å². The molecule has 1 heterocycles. The van der Waals surface area contributed by atoms with Gasteiger partial charge in [0.15, 0.2) is 0 Å². The number of aliphatic hydroxyl groups is 1. The lowest BCUT2D eigenvalue weighted by Gasteiger charge is -2.30. The van der Waals surface area contributed by atoms with Crippen LogP contribution in [0.15, 0.2) is 23.1 Å². The lowest BCUT2D eigenvalue weighted by molar-refractivity contribution is 0.289. The van der Waals surface area contributed by atoms with Gasteiger partial charge < -0.3 is 15.7 Å². The maximum Gasteiger partial charge on any atom is 0.0525 e. The number of nitrogens with two attached hydrogens (primary N) is 1. The molecule has 0 amide bonds. The molecule has 0 bridgehead atoms. The van der Waals surface area contributed by atoms with Gasteiger partial charge in [0.05, 0.1) is 5.69 Å². The van der Waals surface area contributed by atoms with Crippen LogP contribution in [0.1, 0.15) is 6.42 Å². The molecule has 0 atom stereocenters. The van der Waals surface area contributed by atoms with E-state index in [-0.39, 0.29) is 6.61 Å². The van der Waals surface area contributed by atoms with Crippen LogP contribution in [0, 0.1) is 0 Å². The first-order chi connectivity index (χ1) is 7.31. The number of nitrogens with zero attached hydrogens (tertiary/aromatic N) is 1. The Morgan fingerprint density at radius 1 is 1.47 bits per heavy atom.